The van der Waals surface area contributed by atoms with Crippen LogP contribution in [0.5, 0.6) is 0 Å². The third-order valence-electron chi connectivity index (χ3n) is 2.17. The summed E-state index contributed by atoms with van der Waals surface area (Å²) in [6.07, 6.45) is 6.66. The molecule has 0 amide bonds. The summed E-state index contributed by atoms with van der Waals surface area (Å²) >= 11 is 0. The van der Waals surface area contributed by atoms with Crippen LogP contribution in [0.25, 0.3) is 6.08 Å². The predicted molar refractivity (Wildman–Crippen MR) is 79.3 cm³/mol. The number of aliphatic carboxylic acids is 2. The van der Waals surface area contributed by atoms with Gasteiger partial charge in [-0.2, -0.15) is 0 Å². The molecule has 0 aromatic heterocycles. The van der Waals surface area contributed by atoms with Crippen LogP contribution in [0.3, 0.4) is 0 Å². The zero-order valence-corrected chi connectivity index (χ0v) is 11.3. The van der Waals surface area contributed by atoms with Crippen LogP contribution in [-0.2, 0) is 9.59 Å². The molecule has 4 heteroatoms. The first-order valence-electron chi connectivity index (χ1n) is 6.01. The molecule has 0 saturated carbocycles. The minimum atomic E-state index is -0.933. The van der Waals surface area contributed by atoms with Gasteiger partial charge in [-0.05, 0) is 12.0 Å². The molecule has 20 heavy (non-hydrogen) atoms. The van der Waals surface area contributed by atoms with E-state index in [0.717, 1.165) is 11.6 Å². The molecular formula is C16H18O4. The van der Waals surface area contributed by atoms with E-state index in [-0.39, 0.29) is 5.57 Å². The molecular weight excluding hydrogens is 256 g/mol. The van der Waals surface area contributed by atoms with Crippen LogP contribution < -0.4 is 0 Å². The summed E-state index contributed by atoms with van der Waals surface area (Å²) in [4.78, 5) is 19.9. The van der Waals surface area contributed by atoms with E-state index in [9.17, 15) is 9.59 Å². The number of benzene rings is 1. The molecule has 0 bridgehead atoms. The molecule has 1 rings (SSSR count). The number of hydrogen-bond donors (Lipinski definition) is 2. The Morgan fingerprint density at radius 2 is 1.75 bits per heavy atom. The first kappa shape index (κ1) is 17.4. The highest BCUT2D eigenvalue weighted by atomic mass is 16.4. The van der Waals surface area contributed by atoms with Gasteiger partial charge < -0.3 is 10.2 Å². The Kier molecular flexibility index (Phi) is 8.96. The summed E-state index contributed by atoms with van der Waals surface area (Å²) < 4.78 is 0. The molecule has 0 heterocycles. The quantitative estimate of drug-likeness (QED) is 0.637. The van der Waals surface area contributed by atoms with Gasteiger partial charge in [0.05, 0.1) is 0 Å². The number of hydrogen-bond acceptors (Lipinski definition) is 2. The maximum atomic E-state index is 10.1. The number of carbonyl (C=O) groups is 2. The lowest BCUT2D eigenvalue weighted by atomic mass is 10.2. The molecule has 0 aliphatic heterocycles. The highest BCUT2D eigenvalue weighted by Gasteiger charge is 1.96. The van der Waals surface area contributed by atoms with E-state index in [1.54, 1.807) is 13.0 Å². The van der Waals surface area contributed by atoms with Crippen LogP contribution in [0.4, 0.5) is 0 Å². The Bertz CT molecular complexity index is 498. The fourth-order valence-corrected chi connectivity index (χ4v) is 1.02. The van der Waals surface area contributed by atoms with Gasteiger partial charge in [0, 0.05) is 11.6 Å². The minimum Gasteiger partial charge on any atom is -0.478 e. The van der Waals surface area contributed by atoms with E-state index < -0.39 is 11.9 Å². The number of rotatable bonds is 5. The fourth-order valence-electron chi connectivity index (χ4n) is 1.02. The van der Waals surface area contributed by atoms with Gasteiger partial charge in [0.2, 0.25) is 0 Å². The van der Waals surface area contributed by atoms with Crippen molar-refractivity contribution < 1.29 is 19.8 Å². The summed E-state index contributed by atoms with van der Waals surface area (Å²) in [7, 11) is 0. The van der Waals surface area contributed by atoms with E-state index in [1.807, 2.05) is 36.4 Å². The zero-order chi connectivity index (χ0) is 15.4. The summed E-state index contributed by atoms with van der Waals surface area (Å²) in [5.41, 5.74) is 1.32. The molecule has 106 valence electrons. The lowest BCUT2D eigenvalue weighted by Gasteiger charge is -1.87. The van der Waals surface area contributed by atoms with Crippen molar-refractivity contribution in [2.75, 3.05) is 0 Å². The number of carboxylic acid groups (broad SMARTS) is 2. The second-order valence-electron chi connectivity index (χ2n) is 3.73. The maximum Gasteiger partial charge on any atom is 0.330 e. The van der Waals surface area contributed by atoms with Crippen molar-refractivity contribution in [3.05, 3.63) is 66.3 Å². The first-order valence-corrected chi connectivity index (χ1v) is 6.01. The molecule has 0 atom stereocenters. The topological polar surface area (TPSA) is 74.6 Å². The summed E-state index contributed by atoms with van der Waals surface area (Å²) in [5.74, 6) is -1.83. The smallest absolute Gasteiger partial charge is 0.330 e. The van der Waals surface area contributed by atoms with Crippen LogP contribution in [-0.4, -0.2) is 22.2 Å². The van der Waals surface area contributed by atoms with Gasteiger partial charge in [-0.25, -0.2) is 9.59 Å². The van der Waals surface area contributed by atoms with Gasteiger partial charge in [-0.3, -0.25) is 0 Å². The fraction of sp³-hybridized carbons (Fsp3) is 0.125. The van der Waals surface area contributed by atoms with Crippen molar-refractivity contribution in [2.24, 2.45) is 0 Å². The molecule has 0 spiro atoms. The van der Waals surface area contributed by atoms with Gasteiger partial charge >= 0.3 is 11.9 Å². The van der Waals surface area contributed by atoms with E-state index in [2.05, 4.69) is 6.58 Å². The predicted octanol–water partition coefficient (Wildman–Crippen LogP) is 3.38. The Morgan fingerprint density at radius 3 is 2.15 bits per heavy atom. The molecule has 1 aromatic carbocycles. The molecule has 2 N–H and O–H groups in total. The lowest BCUT2D eigenvalue weighted by molar-refractivity contribution is -0.133. The Balaban J connectivity index is 0.000000441. The van der Waals surface area contributed by atoms with Crippen LogP contribution in [0, 0.1) is 0 Å². The Morgan fingerprint density at radius 1 is 1.15 bits per heavy atom. The van der Waals surface area contributed by atoms with Crippen molar-refractivity contribution in [3.63, 3.8) is 0 Å². The first-order chi connectivity index (χ1) is 9.47. The molecule has 0 aliphatic rings. The third-order valence-corrected chi connectivity index (χ3v) is 2.17. The molecule has 0 unspecified atom stereocenters. The largest absolute Gasteiger partial charge is 0.478 e. The highest BCUT2D eigenvalue weighted by Crippen LogP contribution is 2.00. The average molecular weight is 274 g/mol. The van der Waals surface area contributed by atoms with Crippen LogP contribution in [0.1, 0.15) is 18.9 Å². The van der Waals surface area contributed by atoms with E-state index in [0.29, 0.717) is 6.42 Å². The van der Waals surface area contributed by atoms with Crippen molar-refractivity contribution in [2.45, 2.75) is 13.3 Å². The van der Waals surface area contributed by atoms with Gasteiger partial charge in [-0.15, -0.1) is 0 Å². The van der Waals surface area contributed by atoms with Crippen LogP contribution in [0.2, 0.25) is 0 Å². The zero-order valence-electron chi connectivity index (χ0n) is 11.3. The second-order valence-corrected chi connectivity index (χ2v) is 3.73. The summed E-state index contributed by atoms with van der Waals surface area (Å²) in [5, 5.41) is 16.4. The second kappa shape index (κ2) is 10.3. The Hall–Kier alpha value is -2.62. The number of allylic oxidation sites excluding steroid dienone is 2. The SMILES string of the molecule is C=C(CC)C(=O)O.O=C(O)C=CC=Cc1ccccc1. The molecule has 0 aliphatic carbocycles. The molecule has 0 radical (unpaired) electrons. The van der Waals surface area contributed by atoms with Crippen LogP contribution in [0.15, 0.2) is 60.7 Å². The van der Waals surface area contributed by atoms with Gasteiger partial charge in [-0.1, -0.05) is 62.1 Å². The van der Waals surface area contributed by atoms with Gasteiger partial charge in [0.1, 0.15) is 0 Å². The van der Waals surface area contributed by atoms with E-state index in [1.165, 1.54) is 6.08 Å². The highest BCUT2D eigenvalue weighted by molar-refractivity contribution is 5.85. The Labute approximate surface area is 118 Å². The standard InChI is InChI=1S/C11H10O2.C5H8O2/c12-11(13)9-5-4-8-10-6-2-1-3-7-10;1-3-4(2)5(6)7/h1-9H,(H,12,13);2-3H2,1H3,(H,6,7). The number of carboxylic acids is 2. The summed E-state index contributed by atoms with van der Waals surface area (Å²) in [6.45, 7) is 5.03. The minimum absolute atomic E-state index is 0.264. The molecule has 1 aromatic rings. The van der Waals surface area contributed by atoms with Crippen LogP contribution >= 0.6 is 0 Å². The van der Waals surface area contributed by atoms with E-state index in [4.69, 9.17) is 10.2 Å². The van der Waals surface area contributed by atoms with Gasteiger partial charge in [0.25, 0.3) is 0 Å². The third kappa shape index (κ3) is 9.41. The van der Waals surface area contributed by atoms with Crippen molar-refractivity contribution in [3.8, 4) is 0 Å². The molecule has 4 nitrogen and oxygen atoms in total. The van der Waals surface area contributed by atoms with Gasteiger partial charge in [0.15, 0.2) is 0 Å². The van der Waals surface area contributed by atoms with Crippen molar-refractivity contribution >= 4 is 18.0 Å². The lowest BCUT2D eigenvalue weighted by Crippen LogP contribution is -1.95. The molecule has 0 fully saturated rings. The normalized spacial score (nSPS) is 10.1. The maximum absolute atomic E-state index is 10.1. The summed E-state index contributed by atoms with van der Waals surface area (Å²) in [6, 6.07) is 9.70. The van der Waals surface area contributed by atoms with Crippen molar-refractivity contribution in [1.82, 2.24) is 0 Å². The molecule has 0 saturated heterocycles. The van der Waals surface area contributed by atoms with E-state index >= 15 is 0 Å². The monoisotopic (exact) mass is 274 g/mol. The average Bonchev–Trinajstić information content (AvgIpc) is 2.44. The van der Waals surface area contributed by atoms with Crippen molar-refractivity contribution in [1.29, 1.82) is 0 Å².